The molecule has 0 bridgehead atoms. The summed E-state index contributed by atoms with van der Waals surface area (Å²) in [5.74, 6) is -1.28. The summed E-state index contributed by atoms with van der Waals surface area (Å²) in [4.78, 5) is 37.5. The van der Waals surface area contributed by atoms with Crippen LogP contribution in [0.4, 0.5) is 10.5 Å². The predicted octanol–water partition coefficient (Wildman–Crippen LogP) is 3.58. The summed E-state index contributed by atoms with van der Waals surface area (Å²) >= 11 is 6.22. The molecule has 0 saturated carbocycles. The van der Waals surface area contributed by atoms with E-state index in [4.69, 9.17) is 11.6 Å². The first-order valence-corrected chi connectivity index (χ1v) is 11.8. The van der Waals surface area contributed by atoms with Crippen molar-refractivity contribution < 1.29 is 22.8 Å². The number of carbonyl (C=O) groups is 3. The van der Waals surface area contributed by atoms with Crippen LogP contribution in [0.25, 0.3) is 0 Å². The molecule has 1 fully saturated rings. The number of nitrogens with zero attached hydrogens (tertiary/aromatic N) is 1. The Hall–Kier alpha value is -2.13. The van der Waals surface area contributed by atoms with Gasteiger partial charge in [0.05, 0.1) is 0 Å². The zero-order valence-electron chi connectivity index (χ0n) is 17.8. The Balaban J connectivity index is 2.29. The number of hydrogen-bond acceptors (Lipinski definition) is 5. The van der Waals surface area contributed by atoms with Gasteiger partial charge in [-0.1, -0.05) is 39.3 Å². The number of benzene rings is 1. The summed E-state index contributed by atoms with van der Waals surface area (Å²) in [6.07, 6.45) is 0.394. The number of halogens is 1. The molecule has 1 aliphatic rings. The lowest BCUT2D eigenvalue weighted by Gasteiger charge is -2.29. The molecule has 1 atom stereocenters. The summed E-state index contributed by atoms with van der Waals surface area (Å²) in [7, 11) is -4.32. The molecule has 0 spiro atoms. The van der Waals surface area contributed by atoms with Gasteiger partial charge in [0, 0.05) is 24.2 Å². The van der Waals surface area contributed by atoms with Crippen LogP contribution in [0.3, 0.4) is 0 Å². The molecule has 30 heavy (non-hydrogen) atoms. The largest absolute Gasteiger partial charge is 0.332 e. The Morgan fingerprint density at radius 2 is 1.67 bits per heavy atom. The molecule has 1 aromatic carbocycles. The fourth-order valence-electron chi connectivity index (χ4n) is 3.49. The van der Waals surface area contributed by atoms with Gasteiger partial charge in [0.2, 0.25) is 21.8 Å². The molecular formula is C20H28ClN3O5S. The van der Waals surface area contributed by atoms with Gasteiger partial charge in [0.15, 0.2) is 5.25 Å². The second kappa shape index (κ2) is 9.34. The number of likely N-dealkylation sites (tertiary alicyclic amines) is 1. The van der Waals surface area contributed by atoms with E-state index in [1.165, 1.54) is 6.92 Å². The number of nitrogens with one attached hydrogen (secondary N) is 2. The molecule has 4 amide bonds. The molecule has 1 saturated heterocycles. The van der Waals surface area contributed by atoms with Gasteiger partial charge in [-0.2, -0.15) is 0 Å². The maximum atomic E-state index is 12.7. The monoisotopic (exact) mass is 457 g/mol. The highest BCUT2D eigenvalue weighted by atomic mass is 35.5. The highest BCUT2D eigenvalue weighted by Crippen LogP contribution is 2.35. The van der Waals surface area contributed by atoms with Crippen LogP contribution in [0, 0.1) is 0 Å². The van der Waals surface area contributed by atoms with E-state index in [1.54, 1.807) is 12.1 Å². The minimum absolute atomic E-state index is 0.0251. The van der Waals surface area contributed by atoms with E-state index in [2.05, 4.69) is 5.32 Å². The van der Waals surface area contributed by atoms with E-state index in [9.17, 15) is 22.8 Å². The van der Waals surface area contributed by atoms with Gasteiger partial charge in [0.1, 0.15) is 0 Å². The lowest BCUT2D eigenvalue weighted by Crippen LogP contribution is -2.53. The SMILES string of the molecule is CC(=O)N1CCCC(S(=O)(=O)NC(=O)Nc2c(C(C)C)cc(Cl)cc2C(C)C)C1=O. The summed E-state index contributed by atoms with van der Waals surface area (Å²) in [5, 5.41) is 1.67. The Labute approximate surface area is 182 Å². The van der Waals surface area contributed by atoms with Gasteiger partial charge >= 0.3 is 6.03 Å². The number of piperidine rings is 1. The number of imide groups is 1. The third-order valence-electron chi connectivity index (χ3n) is 5.03. The van der Waals surface area contributed by atoms with E-state index in [0.717, 1.165) is 16.0 Å². The van der Waals surface area contributed by atoms with Crippen LogP contribution in [-0.4, -0.2) is 43.0 Å². The Morgan fingerprint density at radius 1 is 1.13 bits per heavy atom. The van der Waals surface area contributed by atoms with Crippen molar-refractivity contribution in [1.82, 2.24) is 9.62 Å². The molecule has 0 aromatic heterocycles. The molecule has 8 nitrogen and oxygen atoms in total. The maximum Gasteiger partial charge on any atom is 0.332 e. The number of carbonyl (C=O) groups excluding carboxylic acids is 3. The summed E-state index contributed by atoms with van der Waals surface area (Å²) in [6, 6.07) is 2.50. The minimum atomic E-state index is -4.32. The van der Waals surface area contributed by atoms with Crippen LogP contribution in [0.2, 0.25) is 5.02 Å². The smallest absolute Gasteiger partial charge is 0.307 e. The number of amides is 4. The normalized spacial score (nSPS) is 17.4. The lowest BCUT2D eigenvalue weighted by atomic mass is 9.92. The van der Waals surface area contributed by atoms with Gasteiger partial charge in [0.25, 0.3) is 0 Å². The van der Waals surface area contributed by atoms with Crippen LogP contribution in [0.1, 0.15) is 70.4 Å². The van der Waals surface area contributed by atoms with Crippen LogP contribution in [0.15, 0.2) is 12.1 Å². The second-order valence-corrected chi connectivity index (χ2v) is 10.3. The molecule has 2 N–H and O–H groups in total. The lowest BCUT2D eigenvalue weighted by molar-refractivity contribution is -0.144. The van der Waals surface area contributed by atoms with Crippen LogP contribution >= 0.6 is 11.6 Å². The first-order chi connectivity index (χ1) is 13.8. The van der Waals surface area contributed by atoms with E-state index < -0.39 is 33.1 Å². The Kier molecular flexibility index (Phi) is 7.52. The van der Waals surface area contributed by atoms with Gasteiger partial charge in [-0.25, -0.2) is 17.9 Å². The number of sulfonamides is 1. The van der Waals surface area contributed by atoms with Crippen molar-refractivity contribution >= 4 is 45.2 Å². The fraction of sp³-hybridized carbons (Fsp3) is 0.550. The minimum Gasteiger partial charge on any atom is -0.307 e. The molecule has 0 aliphatic carbocycles. The van der Waals surface area contributed by atoms with Crippen LogP contribution in [-0.2, 0) is 19.6 Å². The molecule has 10 heteroatoms. The Bertz CT molecular complexity index is 930. The van der Waals surface area contributed by atoms with Crippen LogP contribution < -0.4 is 10.0 Å². The zero-order valence-corrected chi connectivity index (χ0v) is 19.4. The Morgan fingerprint density at radius 3 is 2.13 bits per heavy atom. The molecule has 1 aliphatic heterocycles. The number of anilines is 1. The standard InChI is InChI=1S/C20H28ClN3O5S/c1-11(2)15-9-14(21)10-16(12(3)4)18(15)22-20(27)23-30(28,29)17-7-6-8-24(13(5)25)19(17)26/h9-12,17H,6-8H2,1-5H3,(H2,22,23,27). The molecule has 1 unspecified atom stereocenters. The van der Waals surface area contributed by atoms with Crippen molar-refractivity contribution in [3.05, 3.63) is 28.3 Å². The topological polar surface area (TPSA) is 113 Å². The first-order valence-electron chi connectivity index (χ1n) is 9.83. The van der Waals surface area contributed by atoms with Gasteiger partial charge in [-0.3, -0.25) is 14.5 Å². The van der Waals surface area contributed by atoms with E-state index in [0.29, 0.717) is 17.1 Å². The molecule has 166 valence electrons. The molecule has 2 rings (SSSR count). The van der Waals surface area contributed by atoms with Gasteiger partial charge in [-0.05, 0) is 47.9 Å². The van der Waals surface area contributed by atoms with Crippen molar-refractivity contribution in [1.29, 1.82) is 0 Å². The molecular weight excluding hydrogens is 430 g/mol. The van der Waals surface area contributed by atoms with Crippen molar-refractivity contribution in [2.24, 2.45) is 0 Å². The number of hydrogen-bond donors (Lipinski definition) is 2. The molecule has 1 aromatic rings. The van der Waals surface area contributed by atoms with Crippen LogP contribution in [0.5, 0.6) is 0 Å². The third-order valence-corrected chi connectivity index (χ3v) is 6.90. The average molecular weight is 458 g/mol. The second-order valence-electron chi connectivity index (χ2n) is 8.01. The molecule has 1 heterocycles. The van der Waals surface area contributed by atoms with E-state index in [1.807, 2.05) is 32.4 Å². The van der Waals surface area contributed by atoms with Gasteiger partial charge < -0.3 is 5.32 Å². The molecule has 0 radical (unpaired) electrons. The summed E-state index contributed by atoms with van der Waals surface area (Å²) < 4.78 is 27.4. The number of rotatable bonds is 5. The highest BCUT2D eigenvalue weighted by Gasteiger charge is 2.40. The van der Waals surface area contributed by atoms with Crippen molar-refractivity contribution in [2.75, 3.05) is 11.9 Å². The highest BCUT2D eigenvalue weighted by molar-refractivity contribution is 7.91. The van der Waals surface area contributed by atoms with Gasteiger partial charge in [-0.15, -0.1) is 0 Å². The van der Waals surface area contributed by atoms with Crippen molar-refractivity contribution in [3.63, 3.8) is 0 Å². The van der Waals surface area contributed by atoms with E-state index >= 15 is 0 Å². The van der Waals surface area contributed by atoms with Crippen molar-refractivity contribution in [2.45, 2.75) is 64.5 Å². The van der Waals surface area contributed by atoms with E-state index in [-0.39, 0.29) is 24.8 Å². The summed E-state index contributed by atoms with van der Waals surface area (Å²) in [6.45, 7) is 9.12. The maximum absolute atomic E-state index is 12.7. The fourth-order valence-corrected chi connectivity index (χ4v) is 5.04. The van der Waals surface area contributed by atoms with Crippen molar-refractivity contribution in [3.8, 4) is 0 Å². The third kappa shape index (κ3) is 5.31. The number of urea groups is 1. The zero-order chi connectivity index (χ0) is 22.8. The summed E-state index contributed by atoms with van der Waals surface area (Å²) in [5.41, 5.74) is 2.04. The first kappa shape index (κ1) is 24.1. The quantitative estimate of drug-likeness (QED) is 0.701. The average Bonchev–Trinajstić information content (AvgIpc) is 2.61. The predicted molar refractivity (Wildman–Crippen MR) is 116 cm³/mol.